The van der Waals surface area contributed by atoms with Crippen molar-refractivity contribution in [3.8, 4) is 0 Å². The summed E-state index contributed by atoms with van der Waals surface area (Å²) in [5.41, 5.74) is 0.238. The third kappa shape index (κ3) is 6.25. The molecule has 1 fully saturated rings. The number of halogens is 1. The van der Waals surface area contributed by atoms with Crippen molar-refractivity contribution in [2.24, 2.45) is 4.99 Å². The van der Waals surface area contributed by atoms with Crippen LogP contribution in [0.25, 0.3) is 0 Å². The van der Waals surface area contributed by atoms with Gasteiger partial charge in [0, 0.05) is 5.56 Å². The van der Waals surface area contributed by atoms with Gasteiger partial charge in [-0.25, -0.2) is 9.38 Å². The monoisotopic (exact) mass is 338 g/mol. The van der Waals surface area contributed by atoms with Crippen molar-refractivity contribution < 1.29 is 23.6 Å². The quantitative estimate of drug-likeness (QED) is 0.577. The Hall–Kier alpha value is -1.99. The molecule has 1 aromatic rings. The van der Waals surface area contributed by atoms with Gasteiger partial charge in [0.25, 0.3) is 11.9 Å². The Morgan fingerprint density at radius 3 is 2.92 bits per heavy atom. The second kappa shape index (κ2) is 10.00. The van der Waals surface area contributed by atoms with Gasteiger partial charge in [0.15, 0.2) is 0 Å². The van der Waals surface area contributed by atoms with Crippen molar-refractivity contribution in [2.45, 2.75) is 13.3 Å². The van der Waals surface area contributed by atoms with Crippen molar-refractivity contribution in [2.75, 3.05) is 46.0 Å². The lowest BCUT2D eigenvalue weighted by atomic mass is 10.2. The number of hydrogen-bond donors (Lipinski definition) is 2. The number of aliphatic imine (C=N–C) groups is 1. The number of benzene rings is 1. The topological polar surface area (TPSA) is 64.4 Å². The lowest BCUT2D eigenvalue weighted by Crippen LogP contribution is -3.14. The minimum Gasteiger partial charge on any atom is -0.465 e. The van der Waals surface area contributed by atoms with Gasteiger partial charge in [-0.3, -0.25) is 10.1 Å². The first kappa shape index (κ1) is 18.4. The first-order valence-electron chi connectivity index (χ1n) is 8.34. The highest BCUT2D eigenvalue weighted by Gasteiger charge is 2.14. The van der Waals surface area contributed by atoms with Crippen LogP contribution < -0.4 is 10.2 Å². The summed E-state index contributed by atoms with van der Waals surface area (Å²) in [5.74, 6) is -0.880. The number of amides is 1. The van der Waals surface area contributed by atoms with Gasteiger partial charge in [-0.15, -0.1) is 0 Å². The van der Waals surface area contributed by atoms with Crippen molar-refractivity contribution in [3.05, 3.63) is 35.6 Å². The molecular formula is C17H25FN3O3+. The van der Waals surface area contributed by atoms with Crippen LogP contribution in [-0.2, 0) is 9.47 Å². The molecule has 1 aliphatic heterocycles. The first-order chi connectivity index (χ1) is 11.7. The van der Waals surface area contributed by atoms with Crippen LogP contribution in [0.1, 0.15) is 23.7 Å². The fourth-order valence-electron chi connectivity index (χ4n) is 2.34. The van der Waals surface area contributed by atoms with E-state index in [1.807, 2.05) is 6.92 Å². The minimum atomic E-state index is -0.452. The number of nitrogens with one attached hydrogen (secondary N) is 2. The molecule has 1 heterocycles. The molecule has 1 amide bonds. The molecule has 0 aromatic heterocycles. The average Bonchev–Trinajstić information content (AvgIpc) is 2.60. The van der Waals surface area contributed by atoms with E-state index in [-0.39, 0.29) is 11.6 Å². The Morgan fingerprint density at radius 2 is 2.21 bits per heavy atom. The minimum absolute atomic E-state index is 0.193. The predicted molar refractivity (Wildman–Crippen MR) is 88.8 cm³/mol. The summed E-state index contributed by atoms with van der Waals surface area (Å²) in [6.45, 7) is 7.34. The van der Waals surface area contributed by atoms with Crippen molar-refractivity contribution in [3.63, 3.8) is 0 Å². The highest BCUT2D eigenvalue weighted by molar-refractivity contribution is 6.04. The summed E-state index contributed by atoms with van der Waals surface area (Å²) in [4.78, 5) is 18.0. The number of quaternary nitrogens is 1. The summed E-state index contributed by atoms with van der Waals surface area (Å²) >= 11 is 0. The number of carbonyl (C=O) groups is 1. The Labute approximate surface area is 141 Å². The number of amidine groups is 1. The molecule has 2 N–H and O–H groups in total. The normalized spacial score (nSPS) is 16.0. The van der Waals surface area contributed by atoms with Crippen molar-refractivity contribution in [1.82, 2.24) is 5.32 Å². The van der Waals surface area contributed by atoms with Gasteiger partial charge in [0.05, 0.1) is 32.9 Å². The van der Waals surface area contributed by atoms with E-state index in [1.54, 1.807) is 6.07 Å². The molecule has 0 saturated carbocycles. The van der Waals surface area contributed by atoms with E-state index in [4.69, 9.17) is 9.47 Å². The molecule has 0 bridgehead atoms. The number of ether oxygens (including phenoxy) is 2. The Balaban J connectivity index is 1.90. The molecule has 1 saturated heterocycles. The Morgan fingerprint density at radius 1 is 1.42 bits per heavy atom. The third-order valence-corrected chi connectivity index (χ3v) is 3.67. The summed E-state index contributed by atoms with van der Waals surface area (Å²) in [5, 5.41) is 2.62. The summed E-state index contributed by atoms with van der Waals surface area (Å²) in [6.07, 6.45) is 0.809. The van der Waals surface area contributed by atoms with Crippen LogP contribution in [-0.4, -0.2) is 57.9 Å². The van der Waals surface area contributed by atoms with Crippen LogP contribution >= 0.6 is 0 Å². The number of hydrogen-bond acceptors (Lipinski definition) is 4. The first-order valence-corrected chi connectivity index (χ1v) is 8.34. The lowest BCUT2D eigenvalue weighted by molar-refractivity contribution is -0.906. The van der Waals surface area contributed by atoms with Crippen molar-refractivity contribution >= 4 is 11.9 Å². The Kier molecular flexibility index (Phi) is 7.64. The molecule has 6 nitrogen and oxygen atoms in total. The van der Waals surface area contributed by atoms with Crippen LogP contribution in [0.5, 0.6) is 0 Å². The van der Waals surface area contributed by atoms with Crippen molar-refractivity contribution in [1.29, 1.82) is 0 Å². The second-order valence-corrected chi connectivity index (χ2v) is 5.61. The molecule has 24 heavy (non-hydrogen) atoms. The van der Waals surface area contributed by atoms with Gasteiger partial charge in [-0.05, 0) is 24.6 Å². The van der Waals surface area contributed by atoms with Crippen LogP contribution in [0.4, 0.5) is 4.39 Å². The maximum atomic E-state index is 13.2. The predicted octanol–water partition coefficient (Wildman–Crippen LogP) is 0.253. The van der Waals surface area contributed by atoms with Gasteiger partial charge < -0.3 is 14.4 Å². The lowest BCUT2D eigenvalue weighted by Gasteiger charge is -2.23. The number of carbonyl (C=O) groups excluding carboxylic acids is 1. The van der Waals surface area contributed by atoms with E-state index in [9.17, 15) is 9.18 Å². The van der Waals surface area contributed by atoms with Gasteiger partial charge in [-0.2, -0.15) is 0 Å². The Bertz CT molecular complexity index is 560. The zero-order valence-electron chi connectivity index (χ0n) is 14.0. The molecule has 1 aliphatic rings. The van der Waals surface area contributed by atoms with E-state index < -0.39 is 11.7 Å². The van der Waals surface area contributed by atoms with Gasteiger partial charge in [-0.1, -0.05) is 13.0 Å². The molecule has 1 aromatic carbocycles. The molecule has 0 spiro atoms. The number of morpholine rings is 1. The third-order valence-electron chi connectivity index (χ3n) is 3.67. The fraction of sp³-hybridized carbons (Fsp3) is 0.529. The maximum Gasteiger partial charge on any atom is 0.291 e. The van der Waals surface area contributed by atoms with Crippen LogP contribution in [0.15, 0.2) is 29.3 Å². The molecular weight excluding hydrogens is 313 g/mol. The largest absolute Gasteiger partial charge is 0.465 e. The number of rotatable bonds is 6. The molecule has 2 rings (SSSR count). The van der Waals surface area contributed by atoms with E-state index in [0.29, 0.717) is 13.2 Å². The second-order valence-electron chi connectivity index (χ2n) is 5.61. The van der Waals surface area contributed by atoms with E-state index in [0.717, 1.165) is 39.3 Å². The SMILES string of the molecule is CCCOC(=NCC[NH+]1CCOCC1)NC(=O)c1cccc(F)c1. The van der Waals surface area contributed by atoms with E-state index >= 15 is 0 Å². The molecule has 7 heteroatoms. The van der Waals surface area contributed by atoms with E-state index in [2.05, 4.69) is 10.3 Å². The highest BCUT2D eigenvalue weighted by atomic mass is 19.1. The van der Waals surface area contributed by atoms with Gasteiger partial charge in [0.2, 0.25) is 0 Å². The highest BCUT2D eigenvalue weighted by Crippen LogP contribution is 2.03. The van der Waals surface area contributed by atoms with Crippen LogP contribution in [0, 0.1) is 5.82 Å². The zero-order chi connectivity index (χ0) is 17.2. The van der Waals surface area contributed by atoms with E-state index in [1.165, 1.54) is 23.1 Å². The molecule has 0 aliphatic carbocycles. The smallest absolute Gasteiger partial charge is 0.291 e. The summed E-state index contributed by atoms with van der Waals surface area (Å²) in [6, 6.07) is 5.72. The van der Waals surface area contributed by atoms with Gasteiger partial charge in [0.1, 0.15) is 18.9 Å². The van der Waals surface area contributed by atoms with Crippen LogP contribution in [0.3, 0.4) is 0 Å². The summed E-state index contributed by atoms with van der Waals surface area (Å²) < 4.78 is 24.0. The maximum absolute atomic E-state index is 13.2. The van der Waals surface area contributed by atoms with Crippen LogP contribution in [0.2, 0.25) is 0 Å². The molecule has 0 unspecified atom stereocenters. The standard InChI is InChI=1S/C17H24FN3O3/c1-2-10-24-17(19-6-7-21-8-11-23-12-9-21)20-16(22)14-4-3-5-15(18)13-14/h3-5,13H,2,6-12H2,1H3,(H,19,20,22)/p+1. The average molecular weight is 338 g/mol. The molecule has 0 atom stereocenters. The zero-order valence-corrected chi connectivity index (χ0v) is 14.0. The van der Waals surface area contributed by atoms with Gasteiger partial charge >= 0.3 is 0 Å². The number of nitrogens with zero attached hydrogens (tertiary/aromatic N) is 1. The molecule has 0 radical (unpaired) electrons. The fourth-order valence-corrected chi connectivity index (χ4v) is 2.34. The summed E-state index contributed by atoms with van der Waals surface area (Å²) in [7, 11) is 0. The molecule has 132 valence electrons.